The van der Waals surface area contributed by atoms with E-state index in [1.807, 2.05) is 0 Å². The van der Waals surface area contributed by atoms with E-state index in [0.29, 0.717) is 5.56 Å². The highest BCUT2D eigenvalue weighted by Crippen LogP contribution is 2.12. The van der Waals surface area contributed by atoms with Crippen molar-refractivity contribution >= 4 is 12.0 Å². The molecule has 0 spiro atoms. The number of halogens is 1. The molecule has 1 atom stereocenters. The molecule has 0 fully saturated rings. The lowest BCUT2D eigenvalue weighted by atomic mass is 10.1. The van der Waals surface area contributed by atoms with Crippen LogP contribution in [0, 0.1) is 5.82 Å². The van der Waals surface area contributed by atoms with E-state index in [0.717, 1.165) is 0 Å². The molecule has 0 saturated heterocycles. The molecule has 1 aromatic carbocycles. The quantitative estimate of drug-likeness (QED) is 0.747. The van der Waals surface area contributed by atoms with E-state index in [1.165, 1.54) is 12.1 Å². The summed E-state index contributed by atoms with van der Waals surface area (Å²) in [6.45, 7) is 1.77. The second kappa shape index (κ2) is 6.58. The lowest BCUT2D eigenvalue weighted by Gasteiger charge is -2.14. The molecule has 1 rings (SSSR count). The zero-order valence-corrected chi connectivity index (χ0v) is 9.94. The number of carboxylic acids is 1. The van der Waals surface area contributed by atoms with Gasteiger partial charge in [0.1, 0.15) is 5.82 Å². The number of rotatable bonds is 5. The standard InChI is InChI=1S/C12H15FN2O3/c1-8(9-3-2-4-10(13)7-9)15-12(18)14-6-5-11(16)17/h2-4,7-8H,5-6H2,1H3,(H,16,17)(H2,14,15,18). The van der Waals surface area contributed by atoms with Gasteiger partial charge in [0.05, 0.1) is 12.5 Å². The average Bonchev–Trinajstić information content (AvgIpc) is 2.28. The van der Waals surface area contributed by atoms with Gasteiger partial charge in [-0.25, -0.2) is 9.18 Å². The Balaban J connectivity index is 2.42. The Morgan fingerprint density at radius 3 is 2.78 bits per heavy atom. The zero-order valence-electron chi connectivity index (χ0n) is 9.94. The molecule has 0 saturated carbocycles. The number of urea groups is 1. The van der Waals surface area contributed by atoms with Gasteiger partial charge in [-0.2, -0.15) is 0 Å². The van der Waals surface area contributed by atoms with Gasteiger partial charge in [-0.1, -0.05) is 12.1 Å². The number of hydrogen-bond donors (Lipinski definition) is 3. The van der Waals surface area contributed by atoms with E-state index in [-0.39, 0.29) is 24.8 Å². The van der Waals surface area contributed by atoms with Crippen LogP contribution in [0.15, 0.2) is 24.3 Å². The maximum Gasteiger partial charge on any atom is 0.315 e. The van der Waals surface area contributed by atoms with Crippen LogP contribution < -0.4 is 10.6 Å². The van der Waals surface area contributed by atoms with Crippen molar-refractivity contribution in [3.05, 3.63) is 35.6 Å². The number of nitrogens with one attached hydrogen (secondary N) is 2. The van der Waals surface area contributed by atoms with Gasteiger partial charge in [0.2, 0.25) is 0 Å². The Morgan fingerprint density at radius 1 is 1.44 bits per heavy atom. The summed E-state index contributed by atoms with van der Waals surface area (Å²) < 4.78 is 13.0. The summed E-state index contributed by atoms with van der Waals surface area (Å²) in [6.07, 6.45) is -0.137. The second-order valence-electron chi connectivity index (χ2n) is 3.82. The lowest BCUT2D eigenvalue weighted by molar-refractivity contribution is -0.136. The molecule has 0 aliphatic heterocycles. The van der Waals surface area contributed by atoms with Gasteiger partial charge in [-0.3, -0.25) is 4.79 Å². The zero-order chi connectivity index (χ0) is 13.5. The first kappa shape index (κ1) is 14.0. The minimum absolute atomic E-state index is 0.0526. The first-order valence-electron chi connectivity index (χ1n) is 5.50. The molecule has 0 radical (unpaired) electrons. The molecule has 98 valence electrons. The second-order valence-corrected chi connectivity index (χ2v) is 3.82. The van der Waals surface area contributed by atoms with Crippen LogP contribution in [0.1, 0.15) is 24.9 Å². The van der Waals surface area contributed by atoms with Crippen LogP contribution in [0.25, 0.3) is 0 Å². The van der Waals surface area contributed by atoms with Crippen molar-refractivity contribution in [2.75, 3.05) is 6.54 Å². The molecule has 0 aliphatic carbocycles. The van der Waals surface area contributed by atoms with Crippen LogP contribution in [0.3, 0.4) is 0 Å². The van der Waals surface area contributed by atoms with Crippen molar-refractivity contribution in [2.45, 2.75) is 19.4 Å². The van der Waals surface area contributed by atoms with Crippen molar-refractivity contribution < 1.29 is 19.1 Å². The summed E-state index contributed by atoms with van der Waals surface area (Å²) in [5.74, 6) is -1.35. The van der Waals surface area contributed by atoms with E-state index in [9.17, 15) is 14.0 Å². The highest BCUT2D eigenvalue weighted by Gasteiger charge is 2.09. The molecule has 1 aromatic rings. The fraction of sp³-hybridized carbons (Fsp3) is 0.333. The van der Waals surface area contributed by atoms with E-state index in [1.54, 1.807) is 19.1 Å². The van der Waals surface area contributed by atoms with Crippen LogP contribution in [-0.2, 0) is 4.79 Å². The van der Waals surface area contributed by atoms with Crippen LogP contribution >= 0.6 is 0 Å². The largest absolute Gasteiger partial charge is 0.481 e. The smallest absolute Gasteiger partial charge is 0.315 e. The number of carboxylic acid groups (broad SMARTS) is 1. The van der Waals surface area contributed by atoms with Crippen LogP contribution in [0.2, 0.25) is 0 Å². The Morgan fingerprint density at radius 2 is 2.17 bits per heavy atom. The van der Waals surface area contributed by atoms with Gasteiger partial charge < -0.3 is 15.7 Å². The van der Waals surface area contributed by atoms with Crippen molar-refractivity contribution in [1.82, 2.24) is 10.6 Å². The van der Waals surface area contributed by atoms with Gasteiger partial charge in [-0.05, 0) is 24.6 Å². The van der Waals surface area contributed by atoms with E-state index >= 15 is 0 Å². The summed E-state index contributed by atoms with van der Waals surface area (Å²) in [4.78, 5) is 21.6. The first-order valence-corrected chi connectivity index (χ1v) is 5.50. The van der Waals surface area contributed by atoms with Crippen molar-refractivity contribution in [3.63, 3.8) is 0 Å². The Hall–Kier alpha value is -2.11. The fourth-order valence-corrected chi connectivity index (χ4v) is 1.39. The topological polar surface area (TPSA) is 78.4 Å². The third-order valence-electron chi connectivity index (χ3n) is 2.32. The monoisotopic (exact) mass is 254 g/mol. The average molecular weight is 254 g/mol. The fourth-order valence-electron chi connectivity index (χ4n) is 1.39. The number of hydrogen-bond acceptors (Lipinski definition) is 2. The summed E-state index contributed by atoms with van der Waals surface area (Å²) in [5, 5.41) is 13.4. The molecular formula is C12H15FN2O3. The summed E-state index contributed by atoms with van der Waals surface area (Å²) in [7, 11) is 0. The van der Waals surface area contributed by atoms with Gasteiger partial charge in [0.15, 0.2) is 0 Å². The van der Waals surface area contributed by atoms with Crippen molar-refractivity contribution in [2.24, 2.45) is 0 Å². The van der Waals surface area contributed by atoms with Crippen LogP contribution in [0.5, 0.6) is 0 Å². The molecule has 3 N–H and O–H groups in total. The number of carbonyl (C=O) groups excluding carboxylic acids is 1. The highest BCUT2D eigenvalue weighted by molar-refractivity contribution is 5.75. The maximum absolute atomic E-state index is 13.0. The van der Waals surface area contributed by atoms with Gasteiger partial charge in [0, 0.05) is 6.54 Å². The molecule has 5 nitrogen and oxygen atoms in total. The highest BCUT2D eigenvalue weighted by atomic mass is 19.1. The minimum Gasteiger partial charge on any atom is -0.481 e. The minimum atomic E-state index is -0.978. The Labute approximate surface area is 104 Å². The van der Waals surface area contributed by atoms with Crippen LogP contribution in [-0.4, -0.2) is 23.7 Å². The van der Waals surface area contributed by atoms with Crippen molar-refractivity contribution in [3.8, 4) is 0 Å². The molecule has 0 aliphatic rings. The summed E-state index contributed by atoms with van der Waals surface area (Å²) >= 11 is 0. The van der Waals surface area contributed by atoms with E-state index < -0.39 is 12.0 Å². The van der Waals surface area contributed by atoms with E-state index in [2.05, 4.69) is 10.6 Å². The normalized spacial score (nSPS) is 11.7. The first-order chi connectivity index (χ1) is 8.49. The number of benzene rings is 1. The third kappa shape index (κ3) is 4.82. The Kier molecular flexibility index (Phi) is 5.10. The molecule has 0 heterocycles. The van der Waals surface area contributed by atoms with E-state index in [4.69, 9.17) is 5.11 Å². The number of amides is 2. The molecule has 18 heavy (non-hydrogen) atoms. The molecule has 0 bridgehead atoms. The lowest BCUT2D eigenvalue weighted by Crippen LogP contribution is -2.38. The van der Waals surface area contributed by atoms with Crippen LogP contribution in [0.4, 0.5) is 9.18 Å². The summed E-state index contributed by atoms with van der Waals surface area (Å²) in [5.41, 5.74) is 0.642. The Bertz CT molecular complexity index is 437. The number of aliphatic carboxylic acids is 1. The maximum atomic E-state index is 13.0. The molecule has 1 unspecified atom stereocenters. The predicted molar refractivity (Wildman–Crippen MR) is 63.6 cm³/mol. The SMILES string of the molecule is CC(NC(=O)NCCC(=O)O)c1cccc(F)c1. The molecule has 0 aromatic heterocycles. The molecular weight excluding hydrogens is 239 g/mol. The summed E-state index contributed by atoms with van der Waals surface area (Å²) in [6, 6.07) is 5.08. The predicted octanol–water partition coefficient (Wildman–Crippen LogP) is 1.66. The van der Waals surface area contributed by atoms with Crippen molar-refractivity contribution in [1.29, 1.82) is 0 Å². The number of carbonyl (C=O) groups is 2. The van der Waals surface area contributed by atoms with Gasteiger partial charge in [0.25, 0.3) is 0 Å². The third-order valence-corrected chi connectivity index (χ3v) is 2.32. The molecule has 2 amide bonds. The van der Waals surface area contributed by atoms with Gasteiger partial charge >= 0.3 is 12.0 Å². The molecule has 6 heteroatoms. The van der Waals surface area contributed by atoms with Gasteiger partial charge in [-0.15, -0.1) is 0 Å².